The Hall–Kier alpha value is -2.76. The van der Waals surface area contributed by atoms with Crippen molar-refractivity contribution in [1.82, 2.24) is 9.97 Å². The molecular formula is C14H14N4O2. The van der Waals surface area contributed by atoms with E-state index in [0.717, 1.165) is 0 Å². The highest BCUT2D eigenvalue weighted by molar-refractivity contribution is 5.89. The SMILES string of the molecule is CC(=O)Nc1ccnc(-c2cccc(NC(C)=O)n2)c1. The molecule has 102 valence electrons. The topological polar surface area (TPSA) is 84.0 Å². The van der Waals surface area contributed by atoms with Crippen molar-refractivity contribution >= 4 is 23.3 Å². The van der Waals surface area contributed by atoms with Crippen LogP contribution in [0.25, 0.3) is 11.4 Å². The number of carbonyl (C=O) groups excluding carboxylic acids is 2. The van der Waals surface area contributed by atoms with E-state index in [1.165, 1.54) is 13.8 Å². The van der Waals surface area contributed by atoms with Crippen LogP contribution in [0.4, 0.5) is 11.5 Å². The summed E-state index contributed by atoms with van der Waals surface area (Å²) in [6.07, 6.45) is 1.59. The highest BCUT2D eigenvalue weighted by Gasteiger charge is 2.05. The van der Waals surface area contributed by atoms with Crippen molar-refractivity contribution in [2.75, 3.05) is 10.6 Å². The van der Waals surface area contributed by atoms with Crippen LogP contribution in [0.15, 0.2) is 36.5 Å². The number of nitrogens with zero attached hydrogens (tertiary/aromatic N) is 2. The van der Waals surface area contributed by atoms with E-state index < -0.39 is 0 Å². The molecule has 2 rings (SSSR count). The van der Waals surface area contributed by atoms with E-state index >= 15 is 0 Å². The molecule has 0 fully saturated rings. The lowest BCUT2D eigenvalue weighted by Gasteiger charge is -2.06. The minimum atomic E-state index is -0.186. The molecule has 0 saturated carbocycles. The number of anilines is 2. The zero-order valence-electron chi connectivity index (χ0n) is 11.2. The summed E-state index contributed by atoms with van der Waals surface area (Å²) < 4.78 is 0. The largest absolute Gasteiger partial charge is 0.326 e. The number of nitrogens with one attached hydrogen (secondary N) is 2. The van der Waals surface area contributed by atoms with Gasteiger partial charge in [0.2, 0.25) is 11.8 Å². The molecule has 0 radical (unpaired) electrons. The number of hydrogen-bond donors (Lipinski definition) is 2. The van der Waals surface area contributed by atoms with E-state index in [9.17, 15) is 9.59 Å². The monoisotopic (exact) mass is 270 g/mol. The van der Waals surface area contributed by atoms with Gasteiger partial charge in [0.05, 0.1) is 11.4 Å². The Labute approximate surface area is 116 Å². The summed E-state index contributed by atoms with van der Waals surface area (Å²) in [7, 11) is 0. The molecule has 0 aliphatic heterocycles. The van der Waals surface area contributed by atoms with Crippen LogP contribution in [0.3, 0.4) is 0 Å². The first kappa shape index (κ1) is 13.7. The average Bonchev–Trinajstić information content (AvgIpc) is 2.38. The van der Waals surface area contributed by atoms with E-state index in [2.05, 4.69) is 20.6 Å². The second kappa shape index (κ2) is 5.92. The van der Waals surface area contributed by atoms with Gasteiger partial charge in [-0.25, -0.2) is 4.98 Å². The minimum Gasteiger partial charge on any atom is -0.326 e. The quantitative estimate of drug-likeness (QED) is 0.894. The van der Waals surface area contributed by atoms with Crippen molar-refractivity contribution in [2.24, 2.45) is 0 Å². The molecule has 0 spiro atoms. The van der Waals surface area contributed by atoms with Crippen LogP contribution in [0.1, 0.15) is 13.8 Å². The van der Waals surface area contributed by atoms with Gasteiger partial charge in [0.15, 0.2) is 0 Å². The van der Waals surface area contributed by atoms with Crippen molar-refractivity contribution in [3.05, 3.63) is 36.5 Å². The van der Waals surface area contributed by atoms with E-state index in [0.29, 0.717) is 22.9 Å². The standard InChI is InChI=1S/C14H14N4O2/c1-9(19)16-11-6-7-15-13(8-11)12-4-3-5-14(18-12)17-10(2)20/h3-8H,1-2H3,(H,15,16,19)(H,17,18,20). The van der Waals surface area contributed by atoms with E-state index in [1.54, 1.807) is 36.5 Å². The van der Waals surface area contributed by atoms with Crippen LogP contribution in [-0.2, 0) is 9.59 Å². The summed E-state index contributed by atoms with van der Waals surface area (Å²) in [5.41, 5.74) is 1.88. The van der Waals surface area contributed by atoms with Crippen molar-refractivity contribution < 1.29 is 9.59 Å². The Bertz CT molecular complexity index is 598. The minimum absolute atomic E-state index is 0.151. The number of carbonyl (C=O) groups is 2. The lowest BCUT2D eigenvalue weighted by molar-refractivity contribution is -0.115. The molecule has 2 amide bonds. The highest BCUT2D eigenvalue weighted by Crippen LogP contribution is 2.19. The van der Waals surface area contributed by atoms with E-state index in [4.69, 9.17) is 0 Å². The van der Waals surface area contributed by atoms with Gasteiger partial charge < -0.3 is 10.6 Å². The van der Waals surface area contributed by atoms with Crippen LogP contribution in [0.2, 0.25) is 0 Å². The van der Waals surface area contributed by atoms with Crippen LogP contribution in [0.5, 0.6) is 0 Å². The summed E-state index contributed by atoms with van der Waals surface area (Å²) in [5, 5.41) is 5.30. The Kier molecular flexibility index (Phi) is 4.05. The smallest absolute Gasteiger partial charge is 0.222 e. The van der Waals surface area contributed by atoms with Crippen LogP contribution < -0.4 is 10.6 Å². The lowest BCUT2D eigenvalue weighted by Crippen LogP contribution is -2.08. The van der Waals surface area contributed by atoms with E-state index in [1.807, 2.05) is 0 Å². The lowest BCUT2D eigenvalue weighted by atomic mass is 10.2. The number of rotatable bonds is 3. The van der Waals surface area contributed by atoms with Gasteiger partial charge in [-0.1, -0.05) is 6.07 Å². The summed E-state index contributed by atoms with van der Waals surface area (Å²) in [6.45, 7) is 2.86. The molecule has 6 heteroatoms. The van der Waals surface area contributed by atoms with Gasteiger partial charge in [-0.05, 0) is 24.3 Å². The molecule has 2 N–H and O–H groups in total. The van der Waals surface area contributed by atoms with Gasteiger partial charge in [0.25, 0.3) is 0 Å². The van der Waals surface area contributed by atoms with Crippen LogP contribution >= 0.6 is 0 Å². The third-order valence-electron chi connectivity index (χ3n) is 2.40. The molecule has 2 aromatic rings. The Morgan fingerprint density at radius 2 is 1.75 bits per heavy atom. The second-order valence-electron chi connectivity index (χ2n) is 4.20. The molecule has 0 saturated heterocycles. The number of aromatic nitrogens is 2. The first-order chi connectivity index (χ1) is 9.54. The molecule has 6 nitrogen and oxygen atoms in total. The average molecular weight is 270 g/mol. The molecule has 0 aliphatic rings. The van der Waals surface area contributed by atoms with Gasteiger partial charge in [0, 0.05) is 25.7 Å². The van der Waals surface area contributed by atoms with Crippen molar-refractivity contribution in [3.63, 3.8) is 0 Å². The first-order valence-electron chi connectivity index (χ1n) is 6.03. The maximum absolute atomic E-state index is 11.0. The van der Waals surface area contributed by atoms with Gasteiger partial charge in [0.1, 0.15) is 5.82 Å². The first-order valence-corrected chi connectivity index (χ1v) is 6.03. The number of pyridine rings is 2. The third kappa shape index (κ3) is 3.61. The third-order valence-corrected chi connectivity index (χ3v) is 2.40. The molecule has 0 bridgehead atoms. The van der Waals surface area contributed by atoms with Gasteiger partial charge >= 0.3 is 0 Å². The molecule has 2 heterocycles. The molecule has 0 aliphatic carbocycles. The predicted molar refractivity (Wildman–Crippen MR) is 76.1 cm³/mol. The van der Waals surface area contributed by atoms with Crippen molar-refractivity contribution in [1.29, 1.82) is 0 Å². The van der Waals surface area contributed by atoms with Gasteiger partial charge in [-0.3, -0.25) is 14.6 Å². The second-order valence-corrected chi connectivity index (χ2v) is 4.20. The molecule has 2 aromatic heterocycles. The molecule has 0 atom stereocenters. The molecule has 0 aromatic carbocycles. The maximum Gasteiger partial charge on any atom is 0.222 e. The zero-order valence-corrected chi connectivity index (χ0v) is 11.2. The molecule has 0 unspecified atom stereocenters. The summed E-state index contributed by atoms with van der Waals surface area (Å²) in [5.74, 6) is 0.124. The van der Waals surface area contributed by atoms with E-state index in [-0.39, 0.29) is 11.8 Å². The highest BCUT2D eigenvalue weighted by atomic mass is 16.2. The summed E-state index contributed by atoms with van der Waals surface area (Å²) in [4.78, 5) is 30.6. The van der Waals surface area contributed by atoms with Gasteiger partial charge in [-0.2, -0.15) is 0 Å². The predicted octanol–water partition coefficient (Wildman–Crippen LogP) is 2.06. The fourth-order valence-electron chi connectivity index (χ4n) is 1.68. The van der Waals surface area contributed by atoms with Gasteiger partial charge in [-0.15, -0.1) is 0 Å². The normalized spacial score (nSPS) is 9.90. The Morgan fingerprint density at radius 1 is 1.00 bits per heavy atom. The fraction of sp³-hybridized carbons (Fsp3) is 0.143. The summed E-state index contributed by atoms with van der Waals surface area (Å²) >= 11 is 0. The fourth-order valence-corrected chi connectivity index (χ4v) is 1.68. The van der Waals surface area contributed by atoms with Crippen LogP contribution in [0, 0.1) is 0 Å². The maximum atomic E-state index is 11.0. The molecular weight excluding hydrogens is 256 g/mol. The number of hydrogen-bond acceptors (Lipinski definition) is 4. The Balaban J connectivity index is 2.31. The zero-order chi connectivity index (χ0) is 14.5. The Morgan fingerprint density at radius 3 is 2.45 bits per heavy atom. The molecule has 20 heavy (non-hydrogen) atoms. The van der Waals surface area contributed by atoms with Crippen LogP contribution in [-0.4, -0.2) is 21.8 Å². The summed E-state index contributed by atoms with van der Waals surface area (Å²) in [6, 6.07) is 8.68. The van der Waals surface area contributed by atoms with Crippen molar-refractivity contribution in [2.45, 2.75) is 13.8 Å². The number of amides is 2. The van der Waals surface area contributed by atoms with Crippen molar-refractivity contribution in [3.8, 4) is 11.4 Å².